The zero-order valence-electron chi connectivity index (χ0n) is 8.31. The molecule has 1 aliphatic carbocycles. The Morgan fingerprint density at radius 3 is 2.93 bits per heavy atom. The number of hydrogen-bond donors (Lipinski definition) is 1. The summed E-state index contributed by atoms with van der Waals surface area (Å²) in [7, 11) is 0. The number of thioether (sulfide) groups is 1. The number of nitrogens with zero attached hydrogens (tertiary/aromatic N) is 1. The standard InChI is InChI=1S/C10H13NO3S/c12-9(13)8-5-14-10(11-8)15-6-7-3-1-2-4-7/h5,7H,1-4,6H2,(H,12,13). The van der Waals surface area contributed by atoms with E-state index in [0.717, 1.165) is 11.7 Å². The van der Waals surface area contributed by atoms with Crippen LogP contribution in [0.3, 0.4) is 0 Å². The highest BCUT2D eigenvalue weighted by Gasteiger charge is 2.17. The Balaban J connectivity index is 1.84. The van der Waals surface area contributed by atoms with E-state index in [4.69, 9.17) is 9.52 Å². The smallest absolute Gasteiger partial charge is 0.357 e. The Kier molecular flexibility index (Phi) is 3.30. The first-order chi connectivity index (χ1) is 7.25. The Bertz CT molecular complexity index is 344. The van der Waals surface area contributed by atoms with Crippen molar-refractivity contribution in [3.8, 4) is 0 Å². The molecule has 0 aromatic carbocycles. The first kappa shape index (κ1) is 10.5. The molecule has 1 aliphatic rings. The van der Waals surface area contributed by atoms with Crippen LogP contribution in [-0.4, -0.2) is 21.8 Å². The van der Waals surface area contributed by atoms with E-state index in [9.17, 15) is 4.79 Å². The molecule has 0 unspecified atom stereocenters. The van der Waals surface area contributed by atoms with Gasteiger partial charge < -0.3 is 9.52 Å². The fourth-order valence-corrected chi connectivity index (χ4v) is 2.78. The molecule has 0 spiro atoms. The van der Waals surface area contributed by atoms with Gasteiger partial charge >= 0.3 is 5.97 Å². The molecular formula is C10H13NO3S. The van der Waals surface area contributed by atoms with Gasteiger partial charge in [-0.2, -0.15) is 4.98 Å². The van der Waals surface area contributed by atoms with E-state index in [1.807, 2.05) is 0 Å². The second-order valence-corrected chi connectivity index (χ2v) is 4.74. The SMILES string of the molecule is O=C(O)c1coc(SCC2CCCC2)n1. The van der Waals surface area contributed by atoms with Crippen molar-refractivity contribution >= 4 is 17.7 Å². The summed E-state index contributed by atoms with van der Waals surface area (Å²) in [6.07, 6.45) is 6.38. The lowest BCUT2D eigenvalue weighted by molar-refractivity contribution is 0.0690. The van der Waals surface area contributed by atoms with Crippen LogP contribution in [0.2, 0.25) is 0 Å². The molecule has 0 atom stereocenters. The quantitative estimate of drug-likeness (QED) is 0.801. The molecular weight excluding hydrogens is 214 g/mol. The van der Waals surface area contributed by atoms with Crippen molar-refractivity contribution in [2.45, 2.75) is 30.9 Å². The van der Waals surface area contributed by atoms with Crippen LogP contribution in [0, 0.1) is 5.92 Å². The van der Waals surface area contributed by atoms with Gasteiger partial charge in [0.15, 0.2) is 5.69 Å². The van der Waals surface area contributed by atoms with Crippen LogP contribution < -0.4 is 0 Å². The predicted octanol–water partition coefficient (Wildman–Crippen LogP) is 2.66. The Morgan fingerprint density at radius 1 is 1.60 bits per heavy atom. The third-order valence-corrected chi connectivity index (χ3v) is 3.69. The van der Waals surface area contributed by atoms with Crippen LogP contribution in [0.5, 0.6) is 0 Å². The molecule has 1 N–H and O–H groups in total. The molecule has 1 fully saturated rings. The van der Waals surface area contributed by atoms with Crippen LogP contribution in [0.15, 0.2) is 15.9 Å². The van der Waals surface area contributed by atoms with E-state index in [1.54, 1.807) is 0 Å². The van der Waals surface area contributed by atoms with Gasteiger partial charge in [-0.25, -0.2) is 4.79 Å². The van der Waals surface area contributed by atoms with E-state index >= 15 is 0 Å². The molecule has 82 valence electrons. The molecule has 0 aliphatic heterocycles. The number of carboxylic acids is 1. The summed E-state index contributed by atoms with van der Waals surface area (Å²) in [6, 6.07) is 0. The minimum Gasteiger partial charge on any atom is -0.476 e. The summed E-state index contributed by atoms with van der Waals surface area (Å²) in [5.41, 5.74) is -0.0103. The lowest BCUT2D eigenvalue weighted by Gasteiger charge is -2.04. The van der Waals surface area contributed by atoms with E-state index in [-0.39, 0.29) is 5.69 Å². The average molecular weight is 227 g/mol. The van der Waals surface area contributed by atoms with Gasteiger partial charge in [0.2, 0.25) is 0 Å². The minimum atomic E-state index is -1.04. The summed E-state index contributed by atoms with van der Waals surface area (Å²) >= 11 is 1.51. The largest absolute Gasteiger partial charge is 0.476 e. The Morgan fingerprint density at radius 2 is 2.33 bits per heavy atom. The molecule has 4 nitrogen and oxygen atoms in total. The van der Waals surface area contributed by atoms with E-state index in [2.05, 4.69) is 4.98 Å². The van der Waals surface area contributed by atoms with Crippen molar-refractivity contribution in [1.82, 2.24) is 4.98 Å². The summed E-state index contributed by atoms with van der Waals surface area (Å²) in [6.45, 7) is 0. The molecule has 15 heavy (non-hydrogen) atoms. The van der Waals surface area contributed by atoms with Crippen molar-refractivity contribution in [2.24, 2.45) is 5.92 Å². The maximum Gasteiger partial charge on any atom is 0.357 e. The predicted molar refractivity (Wildman–Crippen MR) is 56.1 cm³/mol. The fraction of sp³-hybridized carbons (Fsp3) is 0.600. The van der Waals surface area contributed by atoms with Gasteiger partial charge in [0, 0.05) is 5.75 Å². The highest BCUT2D eigenvalue weighted by molar-refractivity contribution is 7.99. The second-order valence-electron chi connectivity index (χ2n) is 3.77. The molecule has 0 bridgehead atoms. The third kappa shape index (κ3) is 2.75. The Hall–Kier alpha value is -0.970. The number of aromatic nitrogens is 1. The lowest BCUT2D eigenvalue weighted by Crippen LogP contribution is -1.97. The third-order valence-electron chi connectivity index (χ3n) is 2.62. The Labute approximate surface area is 92.1 Å². The van der Waals surface area contributed by atoms with Crippen LogP contribution >= 0.6 is 11.8 Å². The first-order valence-electron chi connectivity index (χ1n) is 5.07. The molecule has 1 heterocycles. The van der Waals surface area contributed by atoms with Crippen LogP contribution in [0.4, 0.5) is 0 Å². The van der Waals surface area contributed by atoms with Crippen LogP contribution in [0.25, 0.3) is 0 Å². The molecule has 0 radical (unpaired) electrons. The fourth-order valence-electron chi connectivity index (χ4n) is 1.79. The van der Waals surface area contributed by atoms with Crippen molar-refractivity contribution < 1.29 is 14.3 Å². The monoisotopic (exact) mass is 227 g/mol. The van der Waals surface area contributed by atoms with Gasteiger partial charge in [0.1, 0.15) is 6.26 Å². The molecule has 1 aromatic rings. The number of aromatic carboxylic acids is 1. The first-order valence-corrected chi connectivity index (χ1v) is 6.06. The van der Waals surface area contributed by atoms with Crippen molar-refractivity contribution in [1.29, 1.82) is 0 Å². The van der Waals surface area contributed by atoms with E-state index in [1.165, 1.54) is 43.7 Å². The number of hydrogen-bond acceptors (Lipinski definition) is 4. The molecule has 1 aromatic heterocycles. The molecule has 5 heteroatoms. The van der Waals surface area contributed by atoms with Crippen molar-refractivity contribution in [2.75, 3.05) is 5.75 Å². The second kappa shape index (κ2) is 4.70. The number of rotatable bonds is 4. The van der Waals surface area contributed by atoms with Crippen LogP contribution in [-0.2, 0) is 0 Å². The van der Waals surface area contributed by atoms with Crippen LogP contribution in [0.1, 0.15) is 36.2 Å². The average Bonchev–Trinajstić information content (AvgIpc) is 2.86. The van der Waals surface area contributed by atoms with Gasteiger partial charge in [-0.1, -0.05) is 24.6 Å². The van der Waals surface area contributed by atoms with E-state index < -0.39 is 5.97 Å². The summed E-state index contributed by atoms with van der Waals surface area (Å²) in [5.74, 6) is 0.696. The lowest BCUT2D eigenvalue weighted by atomic mass is 10.1. The normalized spacial score (nSPS) is 17.1. The highest BCUT2D eigenvalue weighted by atomic mass is 32.2. The maximum absolute atomic E-state index is 10.5. The number of carbonyl (C=O) groups is 1. The molecule has 2 rings (SSSR count). The molecule has 1 saturated carbocycles. The zero-order valence-corrected chi connectivity index (χ0v) is 9.13. The molecule has 0 saturated heterocycles. The summed E-state index contributed by atoms with van der Waals surface area (Å²) in [5, 5.41) is 9.12. The zero-order chi connectivity index (χ0) is 10.7. The van der Waals surface area contributed by atoms with Gasteiger partial charge in [-0.3, -0.25) is 0 Å². The van der Waals surface area contributed by atoms with Gasteiger partial charge in [0.25, 0.3) is 5.22 Å². The minimum absolute atomic E-state index is 0.0103. The summed E-state index contributed by atoms with van der Waals surface area (Å²) in [4.78, 5) is 14.4. The molecule has 0 amide bonds. The van der Waals surface area contributed by atoms with Gasteiger partial charge in [0.05, 0.1) is 0 Å². The highest BCUT2D eigenvalue weighted by Crippen LogP contribution is 2.30. The maximum atomic E-state index is 10.5. The summed E-state index contributed by atoms with van der Waals surface area (Å²) < 4.78 is 5.06. The van der Waals surface area contributed by atoms with Crippen molar-refractivity contribution in [3.05, 3.63) is 12.0 Å². The number of oxazole rings is 1. The number of carboxylic acid groups (broad SMARTS) is 1. The van der Waals surface area contributed by atoms with E-state index in [0.29, 0.717) is 5.22 Å². The van der Waals surface area contributed by atoms with Gasteiger partial charge in [-0.15, -0.1) is 0 Å². The topological polar surface area (TPSA) is 63.3 Å². The van der Waals surface area contributed by atoms with Gasteiger partial charge in [-0.05, 0) is 18.8 Å². The van der Waals surface area contributed by atoms with Crippen molar-refractivity contribution in [3.63, 3.8) is 0 Å².